The molecule has 0 aromatic carbocycles. The van der Waals surface area contributed by atoms with Crippen molar-refractivity contribution in [3.8, 4) is 0 Å². The molecular formula is C10H17N3O. The molecule has 0 radical (unpaired) electrons. The van der Waals surface area contributed by atoms with Crippen LogP contribution >= 0.6 is 0 Å². The molecule has 1 aliphatic rings. The third-order valence-electron chi connectivity index (χ3n) is 3.03. The molecule has 0 spiro atoms. The summed E-state index contributed by atoms with van der Waals surface area (Å²) in [6.45, 7) is 2.84. The summed E-state index contributed by atoms with van der Waals surface area (Å²) >= 11 is 0. The highest BCUT2D eigenvalue weighted by Crippen LogP contribution is 2.38. The Hall–Kier alpha value is -0.900. The molecule has 2 rings (SSSR count). The van der Waals surface area contributed by atoms with Crippen molar-refractivity contribution < 1.29 is 4.52 Å². The fourth-order valence-electron chi connectivity index (χ4n) is 2.16. The summed E-state index contributed by atoms with van der Waals surface area (Å²) in [6, 6.07) is 0. The van der Waals surface area contributed by atoms with E-state index in [0.29, 0.717) is 24.8 Å². The lowest BCUT2D eigenvalue weighted by Gasteiger charge is -2.08. The Bertz CT molecular complexity index is 297. The Morgan fingerprint density at radius 3 is 3.00 bits per heavy atom. The van der Waals surface area contributed by atoms with E-state index < -0.39 is 0 Å². The molecule has 14 heavy (non-hydrogen) atoms. The lowest BCUT2D eigenvalue weighted by Crippen LogP contribution is -2.05. The van der Waals surface area contributed by atoms with Crippen LogP contribution in [0, 0.1) is 5.92 Å². The van der Waals surface area contributed by atoms with Gasteiger partial charge in [0.25, 0.3) is 0 Å². The van der Waals surface area contributed by atoms with Gasteiger partial charge in [-0.25, -0.2) is 0 Å². The van der Waals surface area contributed by atoms with Crippen LogP contribution in [0.3, 0.4) is 0 Å². The average Bonchev–Trinajstić information content (AvgIpc) is 2.74. The van der Waals surface area contributed by atoms with E-state index in [9.17, 15) is 0 Å². The highest BCUT2D eigenvalue weighted by molar-refractivity contribution is 4.99. The zero-order chi connectivity index (χ0) is 9.97. The van der Waals surface area contributed by atoms with Crippen LogP contribution < -0.4 is 5.73 Å². The third-order valence-corrected chi connectivity index (χ3v) is 3.03. The predicted molar refractivity (Wildman–Crippen MR) is 52.8 cm³/mol. The predicted octanol–water partition coefficient (Wildman–Crippen LogP) is 1.47. The first kappa shape index (κ1) is 9.65. The fourth-order valence-corrected chi connectivity index (χ4v) is 2.16. The van der Waals surface area contributed by atoms with Crippen LogP contribution in [0.4, 0.5) is 0 Å². The van der Waals surface area contributed by atoms with Crippen molar-refractivity contribution in [1.29, 1.82) is 0 Å². The summed E-state index contributed by atoms with van der Waals surface area (Å²) in [5, 5.41) is 3.92. The van der Waals surface area contributed by atoms with Crippen molar-refractivity contribution in [2.75, 3.05) is 6.54 Å². The molecule has 1 heterocycles. The van der Waals surface area contributed by atoms with Crippen molar-refractivity contribution in [1.82, 2.24) is 10.1 Å². The van der Waals surface area contributed by atoms with Crippen LogP contribution in [0.2, 0.25) is 0 Å². The molecule has 78 valence electrons. The summed E-state index contributed by atoms with van der Waals surface area (Å²) in [4.78, 5) is 4.37. The minimum Gasteiger partial charge on any atom is -0.339 e. The van der Waals surface area contributed by atoms with Crippen LogP contribution in [0.25, 0.3) is 0 Å². The van der Waals surface area contributed by atoms with Gasteiger partial charge in [-0.3, -0.25) is 0 Å². The van der Waals surface area contributed by atoms with Crippen LogP contribution in [0.5, 0.6) is 0 Å². The minimum atomic E-state index is 0.481. The smallest absolute Gasteiger partial charge is 0.230 e. The van der Waals surface area contributed by atoms with Crippen LogP contribution in [0.15, 0.2) is 4.52 Å². The van der Waals surface area contributed by atoms with Gasteiger partial charge in [-0.15, -0.1) is 0 Å². The zero-order valence-corrected chi connectivity index (χ0v) is 8.57. The molecule has 2 atom stereocenters. The molecule has 1 aromatic heterocycles. The highest BCUT2D eigenvalue weighted by atomic mass is 16.5. The Morgan fingerprint density at radius 2 is 2.36 bits per heavy atom. The van der Waals surface area contributed by atoms with E-state index in [0.717, 1.165) is 11.7 Å². The average molecular weight is 195 g/mol. The van der Waals surface area contributed by atoms with Crippen LogP contribution in [-0.2, 0) is 6.42 Å². The SMILES string of the molecule is CC1CCCC1c1nc(CCN)no1. The molecular weight excluding hydrogens is 178 g/mol. The quantitative estimate of drug-likeness (QED) is 0.793. The Balaban J connectivity index is 2.08. The van der Waals surface area contributed by atoms with E-state index in [2.05, 4.69) is 17.1 Å². The fraction of sp³-hybridized carbons (Fsp3) is 0.800. The molecule has 4 nitrogen and oxygen atoms in total. The molecule has 4 heteroatoms. The lowest BCUT2D eigenvalue weighted by molar-refractivity contribution is 0.328. The van der Waals surface area contributed by atoms with Gasteiger partial charge in [0.05, 0.1) is 0 Å². The zero-order valence-electron chi connectivity index (χ0n) is 8.57. The molecule has 1 aromatic rings. The van der Waals surface area contributed by atoms with Crippen molar-refractivity contribution in [2.45, 2.75) is 38.5 Å². The topological polar surface area (TPSA) is 64.9 Å². The molecule has 0 amide bonds. The highest BCUT2D eigenvalue weighted by Gasteiger charge is 2.29. The van der Waals surface area contributed by atoms with Crippen LogP contribution in [0.1, 0.15) is 43.8 Å². The molecule has 0 bridgehead atoms. The summed E-state index contributed by atoms with van der Waals surface area (Å²) < 4.78 is 5.25. The second-order valence-electron chi connectivity index (χ2n) is 4.10. The summed E-state index contributed by atoms with van der Waals surface area (Å²) in [6.07, 6.45) is 4.45. The van der Waals surface area contributed by atoms with Crippen molar-refractivity contribution in [2.24, 2.45) is 11.7 Å². The largest absolute Gasteiger partial charge is 0.339 e. The minimum absolute atomic E-state index is 0.481. The maximum Gasteiger partial charge on any atom is 0.230 e. The number of hydrogen-bond acceptors (Lipinski definition) is 4. The van der Waals surface area contributed by atoms with Gasteiger partial charge in [0, 0.05) is 12.3 Å². The standard InChI is InChI=1S/C10H17N3O/c1-7-3-2-4-8(7)10-12-9(5-6-11)13-14-10/h7-8H,2-6,11H2,1H3. The van der Waals surface area contributed by atoms with E-state index in [-0.39, 0.29) is 0 Å². The lowest BCUT2D eigenvalue weighted by atomic mass is 9.98. The molecule has 1 fully saturated rings. The van der Waals surface area contributed by atoms with Crippen molar-refractivity contribution in [3.63, 3.8) is 0 Å². The maximum atomic E-state index is 5.43. The molecule has 0 aliphatic heterocycles. The monoisotopic (exact) mass is 195 g/mol. The van der Waals surface area contributed by atoms with Crippen molar-refractivity contribution in [3.05, 3.63) is 11.7 Å². The summed E-state index contributed by atoms with van der Waals surface area (Å²) in [5.41, 5.74) is 5.43. The van der Waals surface area contributed by atoms with Gasteiger partial charge in [0.15, 0.2) is 5.82 Å². The molecule has 0 saturated heterocycles. The first-order valence-corrected chi connectivity index (χ1v) is 5.34. The number of hydrogen-bond donors (Lipinski definition) is 1. The Morgan fingerprint density at radius 1 is 1.50 bits per heavy atom. The van der Waals surface area contributed by atoms with Crippen LogP contribution in [-0.4, -0.2) is 16.7 Å². The van der Waals surface area contributed by atoms with Gasteiger partial charge in [0.2, 0.25) is 5.89 Å². The van der Waals surface area contributed by atoms with E-state index in [4.69, 9.17) is 10.3 Å². The Kier molecular flexibility index (Phi) is 2.82. The molecule has 1 saturated carbocycles. The number of aromatic nitrogens is 2. The number of nitrogens with two attached hydrogens (primary N) is 1. The molecule has 2 N–H and O–H groups in total. The Labute approximate surface area is 83.9 Å². The number of nitrogens with zero attached hydrogens (tertiary/aromatic N) is 2. The molecule has 1 aliphatic carbocycles. The number of rotatable bonds is 3. The van der Waals surface area contributed by atoms with Gasteiger partial charge in [0.1, 0.15) is 0 Å². The van der Waals surface area contributed by atoms with E-state index in [1.165, 1.54) is 19.3 Å². The van der Waals surface area contributed by atoms with E-state index in [1.807, 2.05) is 0 Å². The van der Waals surface area contributed by atoms with Gasteiger partial charge in [-0.2, -0.15) is 4.98 Å². The summed E-state index contributed by atoms with van der Waals surface area (Å²) in [5.74, 6) is 2.73. The first-order valence-electron chi connectivity index (χ1n) is 5.34. The second-order valence-corrected chi connectivity index (χ2v) is 4.10. The second kappa shape index (κ2) is 4.09. The van der Waals surface area contributed by atoms with Gasteiger partial charge < -0.3 is 10.3 Å². The first-order chi connectivity index (χ1) is 6.81. The van der Waals surface area contributed by atoms with Gasteiger partial charge >= 0.3 is 0 Å². The van der Waals surface area contributed by atoms with Gasteiger partial charge in [-0.05, 0) is 25.3 Å². The summed E-state index contributed by atoms with van der Waals surface area (Å²) in [7, 11) is 0. The van der Waals surface area contributed by atoms with E-state index >= 15 is 0 Å². The normalized spacial score (nSPS) is 27.0. The van der Waals surface area contributed by atoms with E-state index in [1.54, 1.807) is 0 Å². The van der Waals surface area contributed by atoms with Crippen molar-refractivity contribution >= 4 is 0 Å². The van der Waals surface area contributed by atoms with Gasteiger partial charge in [-0.1, -0.05) is 18.5 Å². The maximum absolute atomic E-state index is 5.43. The molecule has 2 unspecified atom stereocenters. The third kappa shape index (κ3) is 1.80.